The smallest absolute Gasteiger partial charge is 0.137 e. The number of nitrogens with zero attached hydrogens (tertiary/aromatic N) is 2. The molecule has 102 valence electrons. The molecule has 0 bridgehead atoms. The average molecular weight is 318 g/mol. The molecule has 0 amide bonds. The van der Waals surface area contributed by atoms with E-state index >= 15 is 0 Å². The Morgan fingerprint density at radius 2 is 1.89 bits per heavy atom. The van der Waals surface area contributed by atoms with E-state index < -0.39 is 0 Å². The predicted molar refractivity (Wildman–Crippen MR) is 81.8 cm³/mol. The molecule has 0 saturated heterocycles. The molecule has 0 atom stereocenters. The quantitative estimate of drug-likeness (QED) is 0.695. The van der Waals surface area contributed by atoms with Gasteiger partial charge in [-0.1, -0.05) is 50.0 Å². The Morgan fingerprint density at radius 1 is 1.21 bits per heavy atom. The summed E-state index contributed by atoms with van der Waals surface area (Å²) < 4.78 is 1.69. The molecule has 1 aromatic carbocycles. The maximum absolute atomic E-state index is 6.40. The van der Waals surface area contributed by atoms with Gasteiger partial charge in [-0.2, -0.15) is 5.10 Å². The Morgan fingerprint density at radius 3 is 2.37 bits per heavy atom. The summed E-state index contributed by atoms with van der Waals surface area (Å²) >= 11 is 18.4. The lowest BCUT2D eigenvalue weighted by Crippen LogP contribution is -2.14. The Bertz CT molecular complexity index is 597. The summed E-state index contributed by atoms with van der Waals surface area (Å²) in [5.41, 5.74) is 2.50. The van der Waals surface area contributed by atoms with Crippen LogP contribution in [0.15, 0.2) is 24.3 Å². The topological polar surface area (TPSA) is 17.8 Å². The van der Waals surface area contributed by atoms with Gasteiger partial charge in [0.1, 0.15) is 5.15 Å². The fourth-order valence-electron chi connectivity index (χ4n) is 1.93. The van der Waals surface area contributed by atoms with E-state index in [1.54, 1.807) is 4.68 Å². The van der Waals surface area contributed by atoms with E-state index in [9.17, 15) is 0 Å². The van der Waals surface area contributed by atoms with Crippen molar-refractivity contribution in [3.63, 3.8) is 0 Å². The number of aromatic nitrogens is 2. The van der Waals surface area contributed by atoms with E-state index in [1.165, 1.54) is 0 Å². The highest BCUT2D eigenvalue weighted by Gasteiger charge is 2.26. The molecule has 2 rings (SSSR count). The van der Waals surface area contributed by atoms with Crippen LogP contribution in [0.4, 0.5) is 0 Å². The van der Waals surface area contributed by atoms with Crippen LogP contribution in [-0.2, 0) is 11.3 Å². The fourth-order valence-corrected chi connectivity index (χ4v) is 2.73. The highest BCUT2D eigenvalue weighted by Crippen LogP contribution is 2.33. The third kappa shape index (κ3) is 2.91. The molecular formula is C14H15Cl3N2. The molecule has 0 unspecified atom stereocenters. The van der Waals surface area contributed by atoms with Crippen molar-refractivity contribution >= 4 is 34.8 Å². The molecule has 0 spiro atoms. The van der Waals surface area contributed by atoms with Crippen LogP contribution in [-0.4, -0.2) is 9.78 Å². The molecule has 0 aliphatic rings. The zero-order valence-corrected chi connectivity index (χ0v) is 13.3. The molecule has 19 heavy (non-hydrogen) atoms. The van der Waals surface area contributed by atoms with E-state index in [2.05, 4.69) is 25.9 Å². The second-order valence-electron chi connectivity index (χ2n) is 5.39. The van der Waals surface area contributed by atoms with Crippen LogP contribution >= 0.6 is 34.8 Å². The summed E-state index contributed by atoms with van der Waals surface area (Å²) in [7, 11) is 0. The molecular weight excluding hydrogens is 303 g/mol. The van der Waals surface area contributed by atoms with Crippen molar-refractivity contribution in [2.45, 2.75) is 32.1 Å². The fraction of sp³-hybridized carbons (Fsp3) is 0.357. The lowest BCUT2D eigenvalue weighted by molar-refractivity contribution is 0.556. The first-order valence-corrected chi connectivity index (χ1v) is 7.23. The molecule has 0 saturated carbocycles. The van der Waals surface area contributed by atoms with Crippen molar-refractivity contribution in [1.29, 1.82) is 0 Å². The second-order valence-corrected chi connectivity index (χ2v) is 6.45. The normalized spacial score (nSPS) is 11.9. The summed E-state index contributed by atoms with van der Waals surface area (Å²) in [5, 5.41) is 5.80. The molecule has 1 heterocycles. The third-order valence-corrected chi connectivity index (χ3v) is 3.71. The summed E-state index contributed by atoms with van der Waals surface area (Å²) in [6, 6.07) is 7.42. The van der Waals surface area contributed by atoms with E-state index in [0.717, 1.165) is 16.9 Å². The highest BCUT2D eigenvalue weighted by molar-refractivity contribution is 6.32. The largest absolute Gasteiger partial charge is 0.222 e. The van der Waals surface area contributed by atoms with Crippen LogP contribution in [0.25, 0.3) is 5.69 Å². The van der Waals surface area contributed by atoms with Gasteiger partial charge in [0, 0.05) is 16.0 Å². The summed E-state index contributed by atoms with van der Waals surface area (Å²) in [6.07, 6.45) is 0. The molecule has 0 N–H and O–H groups in total. The SMILES string of the molecule is CC(C)(C)c1nn(-c2cccc(Cl)c2)c(Cl)c1CCl. The highest BCUT2D eigenvalue weighted by atomic mass is 35.5. The van der Waals surface area contributed by atoms with Crippen molar-refractivity contribution in [1.82, 2.24) is 9.78 Å². The van der Waals surface area contributed by atoms with Gasteiger partial charge in [-0.05, 0) is 18.2 Å². The van der Waals surface area contributed by atoms with Gasteiger partial charge in [0.25, 0.3) is 0 Å². The minimum Gasteiger partial charge on any atom is -0.222 e. The van der Waals surface area contributed by atoms with Crippen molar-refractivity contribution < 1.29 is 0 Å². The third-order valence-electron chi connectivity index (χ3n) is 2.82. The first-order chi connectivity index (χ1) is 8.84. The molecule has 5 heteroatoms. The number of alkyl halides is 1. The standard InChI is InChI=1S/C14H15Cl3N2/c1-14(2,3)12-11(8-15)13(17)19(18-12)10-6-4-5-9(16)7-10/h4-7H,8H2,1-3H3. The first-order valence-electron chi connectivity index (χ1n) is 5.94. The van der Waals surface area contributed by atoms with Crippen LogP contribution in [0.2, 0.25) is 10.2 Å². The van der Waals surface area contributed by atoms with Gasteiger partial charge in [0.05, 0.1) is 17.3 Å². The minimum atomic E-state index is -0.113. The molecule has 0 radical (unpaired) electrons. The van der Waals surface area contributed by atoms with Gasteiger partial charge in [-0.25, -0.2) is 4.68 Å². The van der Waals surface area contributed by atoms with Gasteiger partial charge in [-0.3, -0.25) is 0 Å². The summed E-state index contributed by atoms with van der Waals surface area (Å²) in [5.74, 6) is 0.339. The van der Waals surface area contributed by atoms with Crippen LogP contribution in [0, 0.1) is 0 Å². The van der Waals surface area contributed by atoms with Crippen LogP contribution < -0.4 is 0 Å². The zero-order valence-electron chi connectivity index (χ0n) is 11.0. The van der Waals surface area contributed by atoms with Gasteiger partial charge >= 0.3 is 0 Å². The van der Waals surface area contributed by atoms with E-state index in [-0.39, 0.29) is 5.41 Å². The van der Waals surface area contributed by atoms with Gasteiger partial charge in [0.15, 0.2) is 0 Å². The predicted octanol–water partition coefficient (Wildman–Crippen LogP) is 5.22. The number of hydrogen-bond acceptors (Lipinski definition) is 1. The van der Waals surface area contributed by atoms with E-state index in [4.69, 9.17) is 34.8 Å². The Labute approximate surface area is 128 Å². The lowest BCUT2D eigenvalue weighted by atomic mass is 9.90. The van der Waals surface area contributed by atoms with Gasteiger partial charge < -0.3 is 0 Å². The maximum Gasteiger partial charge on any atom is 0.137 e. The number of halogens is 3. The molecule has 0 aliphatic carbocycles. The first kappa shape index (κ1) is 14.7. The average Bonchev–Trinajstić information content (AvgIpc) is 2.66. The second kappa shape index (κ2) is 5.35. The Kier molecular flexibility index (Phi) is 4.14. The lowest BCUT2D eigenvalue weighted by Gasteiger charge is -2.16. The van der Waals surface area contributed by atoms with Crippen molar-refractivity contribution in [3.05, 3.63) is 45.7 Å². The number of rotatable bonds is 2. The number of benzene rings is 1. The van der Waals surface area contributed by atoms with E-state index in [0.29, 0.717) is 16.1 Å². The molecule has 2 nitrogen and oxygen atoms in total. The minimum absolute atomic E-state index is 0.113. The van der Waals surface area contributed by atoms with Gasteiger partial charge in [0.2, 0.25) is 0 Å². The monoisotopic (exact) mass is 316 g/mol. The maximum atomic E-state index is 6.40. The summed E-state index contributed by atoms with van der Waals surface area (Å²) in [6.45, 7) is 6.26. The molecule has 0 fully saturated rings. The Hall–Kier alpha value is -0.700. The van der Waals surface area contributed by atoms with Crippen molar-refractivity contribution in [2.75, 3.05) is 0 Å². The molecule has 2 aromatic rings. The van der Waals surface area contributed by atoms with Crippen LogP contribution in [0.5, 0.6) is 0 Å². The Balaban J connectivity index is 2.63. The molecule has 1 aromatic heterocycles. The van der Waals surface area contributed by atoms with Crippen molar-refractivity contribution in [3.8, 4) is 5.69 Å². The number of hydrogen-bond donors (Lipinski definition) is 0. The van der Waals surface area contributed by atoms with Crippen LogP contribution in [0.3, 0.4) is 0 Å². The van der Waals surface area contributed by atoms with Crippen molar-refractivity contribution in [2.24, 2.45) is 0 Å². The van der Waals surface area contributed by atoms with E-state index in [1.807, 2.05) is 24.3 Å². The van der Waals surface area contributed by atoms with Gasteiger partial charge in [-0.15, -0.1) is 11.6 Å². The zero-order chi connectivity index (χ0) is 14.2. The molecule has 0 aliphatic heterocycles. The van der Waals surface area contributed by atoms with Crippen LogP contribution in [0.1, 0.15) is 32.0 Å². The summed E-state index contributed by atoms with van der Waals surface area (Å²) in [4.78, 5) is 0.